The van der Waals surface area contributed by atoms with Crippen LogP contribution in [0.15, 0.2) is 0 Å². The molecular weight excluding hydrogens is 190 g/mol. The molecule has 0 aliphatic carbocycles. The number of rotatable bonds is 4. The second kappa shape index (κ2) is 11.7. The lowest BCUT2D eigenvalue weighted by molar-refractivity contribution is 0.180. The number of ether oxygens (including phenoxy) is 1. The average molecular weight is 210 g/mol. The molecule has 0 saturated heterocycles. The Balaban J connectivity index is 0. The van der Waals surface area contributed by atoms with Crippen LogP contribution < -0.4 is 0 Å². The number of carbonyl (C=O) groups is 1. The highest BCUT2D eigenvalue weighted by Gasteiger charge is 1.89. The lowest BCUT2D eigenvalue weighted by Crippen LogP contribution is -2.21. The zero-order valence-corrected chi connectivity index (χ0v) is 9.73. The molecule has 0 aromatic carbocycles. The van der Waals surface area contributed by atoms with Crippen LogP contribution in [0.25, 0.3) is 0 Å². The molecule has 0 aromatic rings. The van der Waals surface area contributed by atoms with Crippen molar-refractivity contribution < 1.29 is 9.53 Å². The summed E-state index contributed by atoms with van der Waals surface area (Å²) < 4.78 is 4.17. The Bertz CT molecular complexity index is 111. The number of carbonyl (C=O) groups excluding carboxylic acids is 1. The van der Waals surface area contributed by atoms with E-state index >= 15 is 0 Å². The summed E-state index contributed by atoms with van der Waals surface area (Å²) >= 11 is 4.72. The number of halogens is 1. The van der Waals surface area contributed by atoms with Crippen molar-refractivity contribution in [1.29, 1.82) is 0 Å². The Hall–Kier alpha value is -0.280. The molecule has 3 nitrogen and oxygen atoms in total. The molecule has 0 spiro atoms. The molecule has 0 bridgehead atoms. The summed E-state index contributed by atoms with van der Waals surface area (Å²) in [6.45, 7) is 12.2. The molecule has 0 radical (unpaired) electrons. The van der Waals surface area contributed by atoms with Crippen LogP contribution in [0.1, 0.15) is 27.7 Å². The van der Waals surface area contributed by atoms with Gasteiger partial charge in [-0.25, -0.2) is 4.79 Å². The summed E-state index contributed by atoms with van der Waals surface area (Å²) in [6.07, 6.45) is 0. The minimum atomic E-state index is -0.738. The maximum atomic E-state index is 9.59. The van der Waals surface area contributed by atoms with E-state index in [-0.39, 0.29) is 0 Å². The Morgan fingerprint density at radius 3 is 1.54 bits per heavy atom. The van der Waals surface area contributed by atoms with E-state index in [1.165, 1.54) is 19.6 Å². The highest BCUT2D eigenvalue weighted by atomic mass is 35.5. The van der Waals surface area contributed by atoms with E-state index in [0.717, 1.165) is 0 Å². The van der Waals surface area contributed by atoms with Crippen LogP contribution in [0.4, 0.5) is 4.79 Å². The molecule has 80 valence electrons. The van der Waals surface area contributed by atoms with E-state index in [2.05, 4.69) is 30.4 Å². The second-order valence-electron chi connectivity index (χ2n) is 2.29. The second-order valence-corrected chi connectivity index (χ2v) is 2.60. The lowest BCUT2D eigenvalue weighted by Gasteiger charge is -2.13. The van der Waals surface area contributed by atoms with Crippen molar-refractivity contribution in [3.63, 3.8) is 0 Å². The van der Waals surface area contributed by atoms with Gasteiger partial charge >= 0.3 is 5.43 Å². The molecule has 0 saturated carbocycles. The van der Waals surface area contributed by atoms with Crippen LogP contribution in [-0.4, -0.2) is 36.6 Å². The highest BCUT2D eigenvalue weighted by Crippen LogP contribution is 1.83. The number of nitrogens with zero attached hydrogens (tertiary/aromatic N) is 1. The summed E-state index contributed by atoms with van der Waals surface area (Å²) in [5.41, 5.74) is -0.738. The van der Waals surface area contributed by atoms with Crippen LogP contribution in [0, 0.1) is 0 Å². The van der Waals surface area contributed by atoms with Crippen molar-refractivity contribution in [3.05, 3.63) is 0 Å². The fourth-order valence-electron chi connectivity index (χ4n) is 0.784. The monoisotopic (exact) mass is 209 g/mol. The van der Waals surface area contributed by atoms with Gasteiger partial charge in [0.1, 0.15) is 0 Å². The quantitative estimate of drug-likeness (QED) is 0.667. The number of hydrogen-bond acceptors (Lipinski definition) is 3. The van der Waals surface area contributed by atoms with Gasteiger partial charge in [-0.2, -0.15) is 0 Å². The van der Waals surface area contributed by atoms with Gasteiger partial charge < -0.3 is 9.64 Å². The normalized spacial score (nSPS) is 9.08. The summed E-state index contributed by atoms with van der Waals surface area (Å²) in [5.74, 6) is 0. The summed E-state index contributed by atoms with van der Waals surface area (Å²) in [6, 6.07) is 0. The molecule has 0 amide bonds. The predicted molar refractivity (Wildman–Crippen MR) is 56.3 cm³/mol. The topological polar surface area (TPSA) is 29.5 Å². The van der Waals surface area contributed by atoms with Crippen molar-refractivity contribution in [2.24, 2.45) is 0 Å². The first kappa shape index (κ1) is 15.2. The Kier molecular flexibility index (Phi) is 13.7. The molecular formula is C9H20ClNO2. The first-order chi connectivity index (χ1) is 6.12. The Morgan fingerprint density at radius 2 is 1.54 bits per heavy atom. The molecule has 0 unspecified atom stereocenters. The summed E-state index contributed by atoms with van der Waals surface area (Å²) in [7, 11) is 0. The van der Waals surface area contributed by atoms with Crippen molar-refractivity contribution >= 4 is 17.0 Å². The van der Waals surface area contributed by atoms with Crippen molar-refractivity contribution in [2.75, 3.05) is 26.2 Å². The lowest BCUT2D eigenvalue weighted by atomic mass is 10.5. The Morgan fingerprint density at radius 1 is 1.15 bits per heavy atom. The molecule has 0 N–H and O–H groups in total. The van der Waals surface area contributed by atoms with Crippen LogP contribution in [-0.2, 0) is 4.74 Å². The van der Waals surface area contributed by atoms with E-state index in [0.29, 0.717) is 6.61 Å². The third-order valence-electron chi connectivity index (χ3n) is 1.60. The molecule has 4 heteroatoms. The molecule has 0 rings (SSSR count). The van der Waals surface area contributed by atoms with Crippen LogP contribution in [0.3, 0.4) is 0 Å². The standard InChI is InChI=1S/C6H15N.C3H5ClO2/c1-4-7(5-2)6-3;1-2-6-3(4)5/h4-6H2,1-3H3;2H2,1H3. The van der Waals surface area contributed by atoms with Gasteiger partial charge in [-0.05, 0) is 26.6 Å². The fraction of sp³-hybridized carbons (Fsp3) is 0.889. The molecule has 0 heterocycles. The molecule has 0 aromatic heterocycles. The van der Waals surface area contributed by atoms with Gasteiger partial charge in [0.05, 0.1) is 6.61 Å². The summed E-state index contributed by atoms with van der Waals surface area (Å²) in [5, 5.41) is 0. The van der Waals surface area contributed by atoms with Crippen LogP contribution in [0.5, 0.6) is 0 Å². The first-order valence-corrected chi connectivity index (χ1v) is 5.04. The molecule has 0 aliphatic rings. The van der Waals surface area contributed by atoms with Gasteiger partial charge in [0.25, 0.3) is 0 Å². The smallest absolute Gasteiger partial charge is 0.403 e. The third-order valence-corrected chi connectivity index (χ3v) is 1.71. The van der Waals surface area contributed by atoms with Gasteiger partial charge in [-0.15, -0.1) is 0 Å². The van der Waals surface area contributed by atoms with E-state index in [4.69, 9.17) is 11.6 Å². The average Bonchev–Trinajstić information content (AvgIpc) is 2.08. The maximum Gasteiger partial charge on any atom is 0.403 e. The minimum Gasteiger partial charge on any atom is -0.454 e. The van der Waals surface area contributed by atoms with Crippen molar-refractivity contribution in [1.82, 2.24) is 4.90 Å². The molecule has 13 heavy (non-hydrogen) atoms. The van der Waals surface area contributed by atoms with Gasteiger partial charge in [0.15, 0.2) is 0 Å². The maximum absolute atomic E-state index is 9.59. The van der Waals surface area contributed by atoms with Gasteiger partial charge in [0, 0.05) is 11.6 Å². The highest BCUT2D eigenvalue weighted by molar-refractivity contribution is 6.61. The zero-order valence-electron chi connectivity index (χ0n) is 8.97. The number of hydrogen-bond donors (Lipinski definition) is 0. The van der Waals surface area contributed by atoms with E-state index in [1.807, 2.05) is 0 Å². The SMILES string of the molecule is CCN(CC)CC.CCOC(=O)Cl. The van der Waals surface area contributed by atoms with Crippen LogP contribution >= 0.6 is 11.6 Å². The van der Waals surface area contributed by atoms with Gasteiger partial charge in [0.2, 0.25) is 0 Å². The molecule has 0 atom stereocenters. The van der Waals surface area contributed by atoms with E-state index in [1.54, 1.807) is 6.92 Å². The third kappa shape index (κ3) is 14.6. The minimum absolute atomic E-state index is 0.350. The fourth-order valence-corrected chi connectivity index (χ4v) is 0.893. The van der Waals surface area contributed by atoms with E-state index in [9.17, 15) is 4.79 Å². The molecule has 0 fully saturated rings. The van der Waals surface area contributed by atoms with Gasteiger partial charge in [-0.3, -0.25) is 0 Å². The van der Waals surface area contributed by atoms with E-state index < -0.39 is 5.43 Å². The van der Waals surface area contributed by atoms with Gasteiger partial charge in [-0.1, -0.05) is 20.8 Å². The van der Waals surface area contributed by atoms with Crippen molar-refractivity contribution in [3.8, 4) is 0 Å². The van der Waals surface area contributed by atoms with Crippen molar-refractivity contribution in [2.45, 2.75) is 27.7 Å². The van der Waals surface area contributed by atoms with Crippen LogP contribution in [0.2, 0.25) is 0 Å². The largest absolute Gasteiger partial charge is 0.454 e. The predicted octanol–water partition coefficient (Wildman–Crippen LogP) is 2.73. The first-order valence-electron chi connectivity index (χ1n) is 4.66. The zero-order chi connectivity index (χ0) is 10.7. The molecule has 0 aliphatic heterocycles. The summed E-state index contributed by atoms with van der Waals surface area (Å²) in [4.78, 5) is 12.0. The Labute approximate surface area is 86.0 Å².